The number of anilines is 1. The fourth-order valence-electron chi connectivity index (χ4n) is 1.80. The maximum absolute atomic E-state index is 11.7. The minimum Gasteiger partial charge on any atom is -0.495 e. The Balaban J connectivity index is 1.85. The molecule has 0 aliphatic rings. The number of hydrogen-bond donors (Lipinski definition) is 2. The molecule has 0 aliphatic heterocycles. The molecule has 0 unspecified atom stereocenters. The molecule has 0 spiro atoms. The molecule has 0 bridgehead atoms. The van der Waals surface area contributed by atoms with E-state index in [-0.39, 0.29) is 12.5 Å². The van der Waals surface area contributed by atoms with Crippen molar-refractivity contribution in [1.82, 2.24) is 5.32 Å². The lowest BCUT2D eigenvalue weighted by molar-refractivity contribution is -0.119. The first kappa shape index (κ1) is 14.0. The van der Waals surface area contributed by atoms with Gasteiger partial charge in [0, 0.05) is 0 Å². The van der Waals surface area contributed by atoms with Crippen LogP contribution in [0, 0.1) is 6.92 Å². The lowest BCUT2D eigenvalue weighted by Gasteiger charge is -2.11. The molecule has 0 radical (unpaired) electrons. The summed E-state index contributed by atoms with van der Waals surface area (Å²) < 4.78 is 10.4. The summed E-state index contributed by atoms with van der Waals surface area (Å²) >= 11 is 0. The van der Waals surface area contributed by atoms with Gasteiger partial charge in [0.1, 0.15) is 11.5 Å². The molecular weight excluding hydrogens is 256 g/mol. The number of furan rings is 1. The summed E-state index contributed by atoms with van der Waals surface area (Å²) in [5.41, 5.74) is 1.91. The van der Waals surface area contributed by atoms with E-state index in [1.54, 1.807) is 19.4 Å². The highest BCUT2D eigenvalue weighted by molar-refractivity contribution is 5.81. The van der Waals surface area contributed by atoms with Crippen LogP contribution in [0.25, 0.3) is 0 Å². The molecule has 1 amide bonds. The number of rotatable bonds is 6. The Labute approximate surface area is 117 Å². The summed E-state index contributed by atoms with van der Waals surface area (Å²) in [6.07, 6.45) is 1.58. The number of ether oxygens (including phenoxy) is 1. The van der Waals surface area contributed by atoms with E-state index in [2.05, 4.69) is 10.6 Å². The molecule has 1 aromatic heterocycles. The van der Waals surface area contributed by atoms with Gasteiger partial charge in [0.15, 0.2) is 0 Å². The lowest BCUT2D eigenvalue weighted by Crippen LogP contribution is -2.29. The van der Waals surface area contributed by atoms with Gasteiger partial charge in [0.25, 0.3) is 0 Å². The summed E-state index contributed by atoms with van der Waals surface area (Å²) in [6.45, 7) is 2.56. The van der Waals surface area contributed by atoms with Gasteiger partial charge in [-0.1, -0.05) is 6.07 Å². The number of amides is 1. The fourth-order valence-corrected chi connectivity index (χ4v) is 1.80. The Bertz CT molecular complexity index is 565. The number of hydrogen-bond acceptors (Lipinski definition) is 4. The first-order valence-electron chi connectivity index (χ1n) is 6.36. The van der Waals surface area contributed by atoms with Crippen LogP contribution in [-0.2, 0) is 11.3 Å². The van der Waals surface area contributed by atoms with Gasteiger partial charge in [-0.05, 0) is 36.8 Å². The van der Waals surface area contributed by atoms with E-state index in [1.165, 1.54) is 0 Å². The van der Waals surface area contributed by atoms with E-state index >= 15 is 0 Å². The molecule has 0 saturated carbocycles. The van der Waals surface area contributed by atoms with Gasteiger partial charge in [0.2, 0.25) is 5.91 Å². The van der Waals surface area contributed by atoms with Gasteiger partial charge < -0.3 is 19.8 Å². The van der Waals surface area contributed by atoms with Crippen LogP contribution in [0.3, 0.4) is 0 Å². The maximum atomic E-state index is 11.7. The molecule has 0 saturated heterocycles. The molecule has 2 aromatic rings. The first-order valence-corrected chi connectivity index (χ1v) is 6.36. The van der Waals surface area contributed by atoms with Crippen LogP contribution in [-0.4, -0.2) is 19.6 Å². The van der Waals surface area contributed by atoms with Crippen molar-refractivity contribution in [3.63, 3.8) is 0 Å². The molecule has 5 heteroatoms. The second-order valence-corrected chi connectivity index (χ2v) is 4.41. The largest absolute Gasteiger partial charge is 0.495 e. The highest BCUT2D eigenvalue weighted by Gasteiger charge is 2.06. The molecule has 106 valence electrons. The summed E-state index contributed by atoms with van der Waals surface area (Å²) in [6, 6.07) is 9.38. The third-order valence-electron chi connectivity index (χ3n) is 2.83. The SMILES string of the molecule is COc1ccc(C)cc1NCC(=O)NCc1ccco1. The smallest absolute Gasteiger partial charge is 0.239 e. The second kappa shape index (κ2) is 6.65. The van der Waals surface area contributed by atoms with Gasteiger partial charge in [-0.15, -0.1) is 0 Å². The van der Waals surface area contributed by atoms with Crippen LogP contribution in [0.2, 0.25) is 0 Å². The van der Waals surface area contributed by atoms with Crippen molar-refractivity contribution < 1.29 is 13.9 Å². The zero-order chi connectivity index (χ0) is 14.4. The molecule has 1 aromatic carbocycles. The Hall–Kier alpha value is -2.43. The lowest BCUT2D eigenvalue weighted by atomic mass is 10.2. The zero-order valence-corrected chi connectivity index (χ0v) is 11.6. The summed E-state index contributed by atoms with van der Waals surface area (Å²) in [5.74, 6) is 1.34. The Morgan fingerprint density at radius 2 is 2.20 bits per heavy atom. The molecule has 0 aliphatic carbocycles. The third kappa shape index (κ3) is 3.78. The van der Waals surface area contributed by atoms with Crippen LogP contribution in [0.1, 0.15) is 11.3 Å². The minimum atomic E-state index is -0.107. The van der Waals surface area contributed by atoms with Crippen LogP contribution >= 0.6 is 0 Å². The van der Waals surface area contributed by atoms with Crippen molar-refractivity contribution in [2.75, 3.05) is 19.0 Å². The van der Waals surface area contributed by atoms with Gasteiger partial charge in [-0.3, -0.25) is 4.79 Å². The fraction of sp³-hybridized carbons (Fsp3) is 0.267. The minimum absolute atomic E-state index is 0.107. The molecule has 0 atom stereocenters. The third-order valence-corrected chi connectivity index (χ3v) is 2.83. The Kier molecular flexibility index (Phi) is 4.65. The van der Waals surface area contributed by atoms with E-state index < -0.39 is 0 Å². The van der Waals surface area contributed by atoms with E-state index in [0.29, 0.717) is 6.54 Å². The summed E-state index contributed by atoms with van der Waals surface area (Å²) in [5, 5.41) is 5.84. The van der Waals surface area contributed by atoms with E-state index in [9.17, 15) is 4.79 Å². The Morgan fingerprint density at radius 1 is 1.35 bits per heavy atom. The van der Waals surface area contributed by atoms with Gasteiger partial charge in [0.05, 0.1) is 32.1 Å². The highest BCUT2D eigenvalue weighted by Crippen LogP contribution is 2.24. The number of carbonyl (C=O) groups excluding carboxylic acids is 1. The molecule has 0 fully saturated rings. The van der Waals surface area contributed by atoms with Crippen molar-refractivity contribution in [2.24, 2.45) is 0 Å². The van der Waals surface area contributed by atoms with Crippen molar-refractivity contribution in [3.8, 4) is 5.75 Å². The molecule has 20 heavy (non-hydrogen) atoms. The summed E-state index contributed by atoms with van der Waals surface area (Å²) in [7, 11) is 1.60. The number of methoxy groups -OCH3 is 1. The molecular formula is C15H18N2O3. The van der Waals surface area contributed by atoms with Crippen molar-refractivity contribution >= 4 is 11.6 Å². The quantitative estimate of drug-likeness (QED) is 0.848. The average Bonchev–Trinajstić information content (AvgIpc) is 2.96. The second-order valence-electron chi connectivity index (χ2n) is 4.41. The number of benzene rings is 1. The van der Waals surface area contributed by atoms with E-state index in [1.807, 2.05) is 31.2 Å². The number of nitrogens with one attached hydrogen (secondary N) is 2. The van der Waals surface area contributed by atoms with Gasteiger partial charge >= 0.3 is 0 Å². The summed E-state index contributed by atoms with van der Waals surface area (Å²) in [4.78, 5) is 11.7. The number of carbonyl (C=O) groups is 1. The molecule has 1 heterocycles. The van der Waals surface area contributed by atoms with Crippen LogP contribution < -0.4 is 15.4 Å². The van der Waals surface area contributed by atoms with Crippen LogP contribution in [0.4, 0.5) is 5.69 Å². The molecule has 2 N–H and O–H groups in total. The number of aryl methyl sites for hydroxylation is 1. The van der Waals surface area contributed by atoms with Crippen LogP contribution in [0.15, 0.2) is 41.0 Å². The normalized spacial score (nSPS) is 10.1. The highest BCUT2D eigenvalue weighted by atomic mass is 16.5. The maximum Gasteiger partial charge on any atom is 0.239 e. The van der Waals surface area contributed by atoms with E-state index in [0.717, 1.165) is 22.8 Å². The van der Waals surface area contributed by atoms with Crippen molar-refractivity contribution in [3.05, 3.63) is 47.9 Å². The predicted molar refractivity (Wildman–Crippen MR) is 76.8 cm³/mol. The molecule has 5 nitrogen and oxygen atoms in total. The van der Waals surface area contributed by atoms with Crippen molar-refractivity contribution in [1.29, 1.82) is 0 Å². The van der Waals surface area contributed by atoms with Crippen LogP contribution in [0.5, 0.6) is 5.75 Å². The van der Waals surface area contributed by atoms with E-state index in [4.69, 9.17) is 9.15 Å². The van der Waals surface area contributed by atoms with Gasteiger partial charge in [-0.2, -0.15) is 0 Å². The van der Waals surface area contributed by atoms with Crippen molar-refractivity contribution in [2.45, 2.75) is 13.5 Å². The average molecular weight is 274 g/mol. The standard InChI is InChI=1S/C15H18N2O3/c1-11-5-6-14(19-2)13(8-11)16-10-15(18)17-9-12-4-3-7-20-12/h3-8,16H,9-10H2,1-2H3,(H,17,18). The van der Waals surface area contributed by atoms with Gasteiger partial charge in [-0.25, -0.2) is 0 Å². The topological polar surface area (TPSA) is 63.5 Å². The predicted octanol–water partition coefficient (Wildman–Crippen LogP) is 2.32. The monoisotopic (exact) mass is 274 g/mol. The first-order chi connectivity index (χ1) is 9.69. The Morgan fingerprint density at radius 3 is 2.90 bits per heavy atom. The molecule has 2 rings (SSSR count). The zero-order valence-electron chi connectivity index (χ0n) is 11.6.